The Morgan fingerprint density at radius 2 is 1.70 bits per heavy atom. The molecule has 2 aromatic carbocycles. The van der Waals surface area contributed by atoms with E-state index in [1.165, 1.54) is 16.0 Å². The van der Waals surface area contributed by atoms with E-state index in [-0.39, 0.29) is 0 Å². The van der Waals surface area contributed by atoms with Crippen LogP contribution in [0, 0.1) is 0 Å². The topological polar surface area (TPSA) is 12.0 Å². The molecule has 2 rings (SSSR count). The summed E-state index contributed by atoms with van der Waals surface area (Å²) in [4.78, 5) is 1.36. The second kappa shape index (κ2) is 8.13. The Morgan fingerprint density at radius 3 is 2.30 bits per heavy atom. The van der Waals surface area contributed by atoms with Crippen molar-refractivity contribution in [1.82, 2.24) is 5.32 Å². The number of aryl methyl sites for hydroxylation is 1. The van der Waals surface area contributed by atoms with Crippen LogP contribution >= 0.6 is 11.8 Å². The van der Waals surface area contributed by atoms with Gasteiger partial charge in [0.1, 0.15) is 0 Å². The van der Waals surface area contributed by atoms with E-state index < -0.39 is 0 Å². The molecule has 0 aliphatic rings. The number of rotatable bonds is 7. The largest absolute Gasteiger partial charge is 0.313 e. The lowest BCUT2D eigenvalue weighted by Gasteiger charge is -2.17. The molecule has 0 saturated heterocycles. The van der Waals surface area contributed by atoms with Crippen LogP contribution in [-0.4, -0.2) is 12.8 Å². The molecule has 0 heterocycles. The van der Waals surface area contributed by atoms with E-state index in [1.54, 1.807) is 0 Å². The average Bonchev–Trinajstić information content (AvgIpc) is 2.51. The molecule has 0 bridgehead atoms. The van der Waals surface area contributed by atoms with Gasteiger partial charge in [0.15, 0.2) is 0 Å². The third-order valence-electron chi connectivity index (χ3n) is 3.51. The van der Waals surface area contributed by atoms with Crippen LogP contribution in [-0.2, 0) is 6.42 Å². The van der Waals surface area contributed by atoms with Gasteiger partial charge in [0.2, 0.25) is 0 Å². The van der Waals surface area contributed by atoms with Crippen molar-refractivity contribution in [2.75, 3.05) is 12.8 Å². The van der Waals surface area contributed by atoms with Crippen LogP contribution in [0.4, 0.5) is 0 Å². The lowest BCUT2D eigenvalue weighted by molar-refractivity contribution is 0.549. The maximum Gasteiger partial charge on any atom is 0.0320 e. The van der Waals surface area contributed by atoms with Crippen molar-refractivity contribution in [3.05, 3.63) is 65.7 Å². The van der Waals surface area contributed by atoms with Gasteiger partial charge in [0, 0.05) is 10.9 Å². The van der Waals surface area contributed by atoms with Gasteiger partial charge in [0.25, 0.3) is 0 Å². The monoisotopic (exact) mass is 285 g/mol. The first kappa shape index (κ1) is 15.1. The third kappa shape index (κ3) is 4.39. The van der Waals surface area contributed by atoms with Crippen molar-refractivity contribution in [3.63, 3.8) is 0 Å². The average molecular weight is 285 g/mol. The van der Waals surface area contributed by atoms with Gasteiger partial charge in [-0.3, -0.25) is 0 Å². The predicted molar refractivity (Wildman–Crippen MR) is 89.4 cm³/mol. The van der Waals surface area contributed by atoms with Crippen molar-refractivity contribution in [2.24, 2.45) is 0 Å². The maximum absolute atomic E-state index is 3.43. The molecule has 0 spiro atoms. The second-order valence-corrected chi connectivity index (χ2v) is 6.21. The number of hydrogen-bond donors (Lipinski definition) is 1. The highest BCUT2D eigenvalue weighted by Gasteiger charge is 2.09. The van der Waals surface area contributed by atoms with Crippen LogP contribution in [0.2, 0.25) is 0 Å². The molecule has 1 nitrogen and oxygen atoms in total. The lowest BCUT2D eigenvalue weighted by Crippen LogP contribution is -2.17. The molecule has 2 heteroatoms. The Labute approximate surface area is 126 Å². The van der Waals surface area contributed by atoms with E-state index in [0.29, 0.717) is 6.04 Å². The second-order valence-electron chi connectivity index (χ2n) is 4.87. The number of hydrogen-bond acceptors (Lipinski definition) is 2. The SMILES string of the molecule is CCSc1ccc(C(CCc2ccccc2)NC)cc1. The van der Waals surface area contributed by atoms with E-state index in [9.17, 15) is 0 Å². The van der Waals surface area contributed by atoms with Gasteiger partial charge in [-0.2, -0.15) is 0 Å². The van der Waals surface area contributed by atoms with Crippen LogP contribution in [0.25, 0.3) is 0 Å². The summed E-state index contributed by atoms with van der Waals surface area (Å²) in [7, 11) is 2.05. The van der Waals surface area contributed by atoms with Crippen molar-refractivity contribution in [3.8, 4) is 0 Å². The van der Waals surface area contributed by atoms with E-state index >= 15 is 0 Å². The summed E-state index contributed by atoms with van der Waals surface area (Å²) in [6.45, 7) is 2.19. The first-order chi connectivity index (χ1) is 9.83. The molecule has 106 valence electrons. The molecule has 0 aliphatic carbocycles. The van der Waals surface area contributed by atoms with Gasteiger partial charge in [-0.25, -0.2) is 0 Å². The van der Waals surface area contributed by atoms with E-state index in [1.807, 2.05) is 18.8 Å². The summed E-state index contributed by atoms with van der Waals surface area (Å²) in [5.41, 5.74) is 2.79. The summed E-state index contributed by atoms with van der Waals surface area (Å²) < 4.78 is 0. The Bertz CT molecular complexity index is 493. The van der Waals surface area contributed by atoms with Gasteiger partial charge in [-0.1, -0.05) is 49.4 Å². The molecular weight excluding hydrogens is 262 g/mol. The molecule has 2 aromatic rings. The molecule has 0 radical (unpaired) electrons. The Morgan fingerprint density at radius 1 is 1.00 bits per heavy atom. The van der Waals surface area contributed by atoms with Crippen LogP contribution in [0.1, 0.15) is 30.5 Å². The first-order valence-corrected chi connectivity index (χ1v) is 8.26. The van der Waals surface area contributed by atoms with Gasteiger partial charge < -0.3 is 5.32 Å². The molecule has 0 fully saturated rings. The quantitative estimate of drug-likeness (QED) is 0.741. The van der Waals surface area contributed by atoms with Crippen molar-refractivity contribution < 1.29 is 0 Å². The van der Waals surface area contributed by atoms with Crippen LogP contribution in [0.3, 0.4) is 0 Å². The third-order valence-corrected chi connectivity index (χ3v) is 4.40. The van der Waals surface area contributed by atoms with E-state index in [4.69, 9.17) is 0 Å². The standard InChI is InChI=1S/C18H23NS/c1-3-20-17-12-10-16(11-13-17)18(19-2)14-9-15-7-5-4-6-8-15/h4-8,10-13,18-19H,3,9,14H2,1-2H3. The molecule has 20 heavy (non-hydrogen) atoms. The fourth-order valence-electron chi connectivity index (χ4n) is 2.40. The predicted octanol–water partition coefficient (Wildman–Crippen LogP) is 4.69. The zero-order chi connectivity index (χ0) is 14.2. The Balaban J connectivity index is 1.97. The van der Waals surface area contributed by atoms with Crippen LogP contribution in [0.15, 0.2) is 59.5 Å². The summed E-state index contributed by atoms with van der Waals surface area (Å²) in [6.07, 6.45) is 2.23. The molecule has 0 amide bonds. The summed E-state index contributed by atoms with van der Waals surface area (Å²) in [6, 6.07) is 20.1. The minimum Gasteiger partial charge on any atom is -0.313 e. The minimum atomic E-state index is 0.427. The first-order valence-electron chi connectivity index (χ1n) is 7.27. The Hall–Kier alpha value is -1.25. The van der Waals surface area contributed by atoms with Gasteiger partial charge >= 0.3 is 0 Å². The molecule has 1 N–H and O–H groups in total. The number of nitrogens with one attached hydrogen (secondary N) is 1. The highest BCUT2D eigenvalue weighted by Crippen LogP contribution is 2.23. The van der Waals surface area contributed by atoms with E-state index in [0.717, 1.165) is 18.6 Å². The molecule has 1 unspecified atom stereocenters. The highest BCUT2D eigenvalue weighted by atomic mass is 32.2. The Kier molecular flexibility index (Phi) is 6.16. The van der Waals surface area contributed by atoms with Crippen LogP contribution in [0.5, 0.6) is 0 Å². The molecule has 1 atom stereocenters. The molecule has 0 aliphatic heterocycles. The minimum absolute atomic E-state index is 0.427. The summed E-state index contributed by atoms with van der Waals surface area (Å²) >= 11 is 1.89. The normalized spacial score (nSPS) is 12.3. The maximum atomic E-state index is 3.43. The highest BCUT2D eigenvalue weighted by molar-refractivity contribution is 7.99. The zero-order valence-corrected chi connectivity index (χ0v) is 13.1. The fraction of sp³-hybridized carbons (Fsp3) is 0.333. The summed E-state index contributed by atoms with van der Waals surface area (Å²) in [5.74, 6) is 1.13. The molecular formula is C18H23NS. The zero-order valence-electron chi connectivity index (χ0n) is 12.3. The summed E-state index contributed by atoms with van der Waals surface area (Å²) in [5, 5.41) is 3.43. The van der Waals surface area contributed by atoms with Gasteiger partial charge in [-0.15, -0.1) is 11.8 Å². The van der Waals surface area contributed by atoms with Gasteiger partial charge in [-0.05, 0) is 48.9 Å². The van der Waals surface area contributed by atoms with Crippen LogP contribution < -0.4 is 5.32 Å². The van der Waals surface area contributed by atoms with Gasteiger partial charge in [0.05, 0.1) is 0 Å². The van der Waals surface area contributed by atoms with Crippen molar-refractivity contribution in [2.45, 2.75) is 30.7 Å². The number of thioether (sulfide) groups is 1. The van der Waals surface area contributed by atoms with Crippen molar-refractivity contribution in [1.29, 1.82) is 0 Å². The lowest BCUT2D eigenvalue weighted by atomic mass is 9.99. The molecule has 0 aromatic heterocycles. The fourth-order valence-corrected chi connectivity index (χ4v) is 3.06. The van der Waals surface area contributed by atoms with Crippen molar-refractivity contribution >= 4 is 11.8 Å². The van der Waals surface area contributed by atoms with E-state index in [2.05, 4.69) is 66.8 Å². The molecule has 0 saturated carbocycles. The smallest absolute Gasteiger partial charge is 0.0320 e. The number of benzene rings is 2.